The number of nitrogens with two attached hydrogens (primary N) is 1. The first-order valence-corrected chi connectivity index (χ1v) is 7.23. The summed E-state index contributed by atoms with van der Waals surface area (Å²) < 4.78 is 5.98. The van der Waals surface area contributed by atoms with Crippen LogP contribution in [0, 0.1) is 5.92 Å². The highest BCUT2D eigenvalue weighted by Crippen LogP contribution is 2.28. The molecule has 3 heteroatoms. The van der Waals surface area contributed by atoms with E-state index in [1.54, 1.807) is 0 Å². The van der Waals surface area contributed by atoms with E-state index in [0.717, 1.165) is 18.4 Å². The zero-order valence-corrected chi connectivity index (χ0v) is 11.7. The summed E-state index contributed by atoms with van der Waals surface area (Å²) in [6, 6.07) is 9.70. The summed E-state index contributed by atoms with van der Waals surface area (Å²) in [5.74, 6) is 0.445. The predicted octanol–water partition coefficient (Wildman–Crippen LogP) is 2.43. The molecule has 2 rings (SSSR count). The zero-order valence-electron chi connectivity index (χ0n) is 11.7. The van der Waals surface area contributed by atoms with Gasteiger partial charge in [0.2, 0.25) is 0 Å². The van der Waals surface area contributed by atoms with Crippen LogP contribution >= 0.6 is 0 Å². The molecule has 0 saturated heterocycles. The van der Waals surface area contributed by atoms with Crippen molar-refractivity contribution in [3.63, 3.8) is 0 Å². The second-order valence-electron chi connectivity index (χ2n) is 5.77. The van der Waals surface area contributed by atoms with E-state index >= 15 is 0 Å². The van der Waals surface area contributed by atoms with Gasteiger partial charge in [0.25, 0.3) is 0 Å². The van der Waals surface area contributed by atoms with Crippen molar-refractivity contribution < 1.29 is 9.84 Å². The smallest absolute Gasteiger partial charge is 0.110 e. The van der Waals surface area contributed by atoms with Crippen molar-refractivity contribution in [1.82, 2.24) is 0 Å². The molecule has 1 fully saturated rings. The van der Waals surface area contributed by atoms with Crippen LogP contribution in [0.2, 0.25) is 0 Å². The van der Waals surface area contributed by atoms with Crippen molar-refractivity contribution in [3.05, 3.63) is 35.9 Å². The van der Waals surface area contributed by atoms with Gasteiger partial charge in [-0.3, -0.25) is 0 Å². The molecule has 1 aromatic carbocycles. The lowest BCUT2D eigenvalue weighted by atomic mass is 9.86. The van der Waals surface area contributed by atoms with E-state index < -0.39 is 5.60 Å². The molecule has 1 aliphatic carbocycles. The second-order valence-corrected chi connectivity index (χ2v) is 5.77. The Morgan fingerprint density at radius 3 is 2.63 bits per heavy atom. The molecule has 3 N–H and O–H groups in total. The Balaban J connectivity index is 1.93. The Hall–Kier alpha value is -0.900. The molecule has 106 valence electrons. The fourth-order valence-corrected chi connectivity index (χ4v) is 2.81. The number of aliphatic hydroxyl groups is 1. The van der Waals surface area contributed by atoms with Gasteiger partial charge < -0.3 is 15.6 Å². The van der Waals surface area contributed by atoms with Gasteiger partial charge in [-0.1, -0.05) is 43.2 Å². The molecule has 0 aliphatic heterocycles. The van der Waals surface area contributed by atoms with E-state index in [1.807, 2.05) is 37.3 Å². The Bertz CT molecular complexity index is 378. The van der Waals surface area contributed by atoms with Crippen LogP contribution in [0.5, 0.6) is 0 Å². The van der Waals surface area contributed by atoms with Gasteiger partial charge in [-0.05, 0) is 37.8 Å². The second kappa shape index (κ2) is 6.51. The third-order valence-electron chi connectivity index (χ3n) is 4.12. The first-order chi connectivity index (χ1) is 9.13. The average Bonchev–Trinajstić information content (AvgIpc) is 2.46. The molecule has 3 atom stereocenters. The van der Waals surface area contributed by atoms with Gasteiger partial charge in [0.05, 0.1) is 12.7 Å². The van der Waals surface area contributed by atoms with Gasteiger partial charge in [0, 0.05) is 0 Å². The molecule has 0 amide bonds. The van der Waals surface area contributed by atoms with Crippen LogP contribution < -0.4 is 5.73 Å². The Labute approximate surface area is 115 Å². The lowest BCUT2D eigenvalue weighted by Crippen LogP contribution is -2.37. The minimum Gasteiger partial charge on any atom is -0.383 e. The van der Waals surface area contributed by atoms with E-state index in [2.05, 4.69) is 0 Å². The highest BCUT2D eigenvalue weighted by atomic mass is 16.5. The number of ether oxygens (including phenoxy) is 1. The first-order valence-electron chi connectivity index (χ1n) is 7.23. The van der Waals surface area contributed by atoms with Crippen LogP contribution in [0.3, 0.4) is 0 Å². The predicted molar refractivity (Wildman–Crippen MR) is 76.8 cm³/mol. The number of rotatable bonds is 5. The summed E-state index contributed by atoms with van der Waals surface area (Å²) >= 11 is 0. The number of benzene rings is 1. The average molecular weight is 263 g/mol. The van der Waals surface area contributed by atoms with Crippen molar-refractivity contribution in [2.75, 3.05) is 13.2 Å². The minimum atomic E-state index is -0.933. The normalized spacial score (nSPS) is 26.9. The highest BCUT2D eigenvalue weighted by Gasteiger charge is 2.29. The zero-order chi connectivity index (χ0) is 13.7. The standard InChI is InChI=1S/C16H25NO2/c1-16(18,14-8-3-2-4-9-14)12-19-15-10-6-5-7-13(15)11-17/h2-4,8-9,13,15,18H,5-7,10-12,17H2,1H3. The number of hydrogen-bond acceptors (Lipinski definition) is 3. The molecule has 1 aromatic rings. The van der Waals surface area contributed by atoms with Crippen LogP contribution in [0.1, 0.15) is 38.2 Å². The fraction of sp³-hybridized carbons (Fsp3) is 0.625. The molecule has 0 heterocycles. The quantitative estimate of drug-likeness (QED) is 0.858. The monoisotopic (exact) mass is 263 g/mol. The highest BCUT2D eigenvalue weighted by molar-refractivity contribution is 5.21. The maximum Gasteiger partial charge on any atom is 0.110 e. The first kappa shape index (κ1) is 14.5. The largest absolute Gasteiger partial charge is 0.383 e. The van der Waals surface area contributed by atoms with Crippen LogP contribution in [0.4, 0.5) is 0 Å². The number of hydrogen-bond donors (Lipinski definition) is 2. The third kappa shape index (κ3) is 3.78. The molecular formula is C16H25NO2. The van der Waals surface area contributed by atoms with E-state index in [4.69, 9.17) is 10.5 Å². The van der Waals surface area contributed by atoms with Gasteiger partial charge in [-0.15, -0.1) is 0 Å². The summed E-state index contributed by atoms with van der Waals surface area (Å²) in [6.45, 7) is 2.82. The molecule has 1 saturated carbocycles. The molecular weight excluding hydrogens is 238 g/mol. The molecule has 0 spiro atoms. The molecule has 1 aliphatic rings. The Morgan fingerprint density at radius 1 is 1.26 bits per heavy atom. The maximum atomic E-state index is 10.5. The summed E-state index contributed by atoms with van der Waals surface area (Å²) in [6.07, 6.45) is 4.86. The van der Waals surface area contributed by atoms with Gasteiger partial charge in [0.1, 0.15) is 5.60 Å². The Kier molecular flexibility index (Phi) is 4.97. The molecule has 0 radical (unpaired) electrons. The maximum absolute atomic E-state index is 10.5. The van der Waals surface area contributed by atoms with Crippen molar-refractivity contribution in [1.29, 1.82) is 0 Å². The Morgan fingerprint density at radius 2 is 1.95 bits per heavy atom. The van der Waals surface area contributed by atoms with Crippen LogP contribution in [0.15, 0.2) is 30.3 Å². The summed E-state index contributed by atoms with van der Waals surface area (Å²) in [4.78, 5) is 0. The lowest BCUT2D eigenvalue weighted by molar-refractivity contribution is -0.0907. The van der Waals surface area contributed by atoms with Gasteiger partial charge in [0.15, 0.2) is 0 Å². The molecule has 3 nitrogen and oxygen atoms in total. The summed E-state index contributed by atoms with van der Waals surface area (Å²) in [5, 5.41) is 10.5. The fourth-order valence-electron chi connectivity index (χ4n) is 2.81. The van der Waals surface area contributed by atoms with Crippen LogP contribution in [0.25, 0.3) is 0 Å². The van der Waals surface area contributed by atoms with Crippen molar-refractivity contribution in [2.24, 2.45) is 11.7 Å². The molecule has 19 heavy (non-hydrogen) atoms. The van der Waals surface area contributed by atoms with Crippen LogP contribution in [-0.4, -0.2) is 24.4 Å². The van der Waals surface area contributed by atoms with Gasteiger partial charge in [-0.25, -0.2) is 0 Å². The molecule has 3 unspecified atom stereocenters. The van der Waals surface area contributed by atoms with Crippen molar-refractivity contribution >= 4 is 0 Å². The van der Waals surface area contributed by atoms with Crippen molar-refractivity contribution in [3.8, 4) is 0 Å². The van der Waals surface area contributed by atoms with Crippen LogP contribution in [-0.2, 0) is 10.3 Å². The van der Waals surface area contributed by atoms with Crippen molar-refractivity contribution in [2.45, 2.75) is 44.3 Å². The van der Waals surface area contributed by atoms with E-state index in [9.17, 15) is 5.11 Å². The molecule has 0 bridgehead atoms. The third-order valence-corrected chi connectivity index (χ3v) is 4.12. The summed E-state index contributed by atoms with van der Waals surface area (Å²) in [5.41, 5.74) is 5.77. The van der Waals surface area contributed by atoms with Gasteiger partial charge in [-0.2, -0.15) is 0 Å². The summed E-state index contributed by atoms with van der Waals surface area (Å²) in [7, 11) is 0. The lowest BCUT2D eigenvalue weighted by Gasteiger charge is -2.33. The topological polar surface area (TPSA) is 55.5 Å². The minimum absolute atomic E-state index is 0.203. The van der Waals surface area contributed by atoms with E-state index in [0.29, 0.717) is 19.1 Å². The van der Waals surface area contributed by atoms with E-state index in [1.165, 1.54) is 12.8 Å². The van der Waals surface area contributed by atoms with E-state index in [-0.39, 0.29) is 6.10 Å². The molecule has 0 aromatic heterocycles. The SMILES string of the molecule is CC(O)(COC1CCCCC1CN)c1ccccc1. The van der Waals surface area contributed by atoms with Gasteiger partial charge >= 0.3 is 0 Å².